The molecule has 0 saturated carbocycles. The Bertz CT molecular complexity index is 415. The lowest BCUT2D eigenvalue weighted by Gasteiger charge is -2.27. The summed E-state index contributed by atoms with van der Waals surface area (Å²) < 4.78 is 1.05. The van der Waals surface area contributed by atoms with E-state index in [0.717, 1.165) is 28.8 Å². The van der Waals surface area contributed by atoms with Gasteiger partial charge in [0.15, 0.2) is 0 Å². The lowest BCUT2D eigenvalue weighted by molar-refractivity contribution is 0.556. The molecule has 2 nitrogen and oxygen atoms in total. The molecule has 1 aliphatic rings. The number of benzene rings is 1. The molecular formula is C14H17BrN2. The first kappa shape index (κ1) is 12.4. The Morgan fingerprint density at radius 1 is 1.06 bits per heavy atom. The Morgan fingerprint density at radius 2 is 1.71 bits per heavy atom. The van der Waals surface area contributed by atoms with E-state index in [2.05, 4.69) is 33.0 Å². The van der Waals surface area contributed by atoms with Gasteiger partial charge in [-0.1, -0.05) is 35.2 Å². The zero-order valence-corrected chi connectivity index (χ0v) is 11.5. The molecule has 0 atom stereocenters. The van der Waals surface area contributed by atoms with E-state index in [9.17, 15) is 5.26 Å². The lowest BCUT2D eigenvalue weighted by Crippen LogP contribution is -2.27. The molecule has 90 valence electrons. The largest absolute Gasteiger partial charge is 0.370 e. The third-order valence-corrected chi connectivity index (χ3v) is 3.77. The summed E-state index contributed by atoms with van der Waals surface area (Å²) in [7, 11) is 0. The van der Waals surface area contributed by atoms with Crippen molar-refractivity contribution in [3.8, 4) is 6.07 Å². The van der Waals surface area contributed by atoms with Crippen LogP contribution in [0.1, 0.15) is 37.7 Å². The molecule has 0 spiro atoms. The highest BCUT2D eigenvalue weighted by Gasteiger charge is 2.13. The van der Waals surface area contributed by atoms with Gasteiger partial charge in [0, 0.05) is 17.6 Å². The molecule has 1 fully saturated rings. The monoisotopic (exact) mass is 292 g/mol. The van der Waals surface area contributed by atoms with Gasteiger partial charge in [0.25, 0.3) is 0 Å². The Kier molecular flexibility index (Phi) is 4.44. The van der Waals surface area contributed by atoms with Crippen molar-refractivity contribution in [3.05, 3.63) is 28.2 Å². The summed E-state index contributed by atoms with van der Waals surface area (Å²) in [4.78, 5) is 2.36. The van der Waals surface area contributed by atoms with Crippen molar-refractivity contribution in [1.29, 1.82) is 5.26 Å². The predicted molar refractivity (Wildman–Crippen MR) is 74.2 cm³/mol. The van der Waals surface area contributed by atoms with Crippen molar-refractivity contribution in [2.24, 2.45) is 0 Å². The fourth-order valence-electron chi connectivity index (χ4n) is 2.35. The van der Waals surface area contributed by atoms with E-state index in [1.54, 1.807) is 0 Å². The Balaban J connectivity index is 2.24. The Labute approximate surface area is 111 Å². The fraction of sp³-hybridized carbons (Fsp3) is 0.500. The van der Waals surface area contributed by atoms with Crippen LogP contribution in [-0.4, -0.2) is 13.1 Å². The molecule has 0 radical (unpaired) electrons. The Hall–Kier alpha value is -1.01. The summed E-state index contributed by atoms with van der Waals surface area (Å²) in [5.74, 6) is 0. The molecule has 0 aliphatic carbocycles. The minimum Gasteiger partial charge on any atom is -0.370 e. The van der Waals surface area contributed by atoms with Crippen LogP contribution >= 0.6 is 15.9 Å². The molecule has 0 unspecified atom stereocenters. The molecule has 17 heavy (non-hydrogen) atoms. The normalized spacial score (nSPS) is 17.1. The molecule has 0 amide bonds. The summed E-state index contributed by atoms with van der Waals surface area (Å²) in [5.41, 5.74) is 1.87. The van der Waals surface area contributed by atoms with Crippen LogP contribution in [0.25, 0.3) is 0 Å². The standard InChI is InChI=1S/C14H17BrN2/c15-13-7-6-12(11-16)14(10-13)17-8-4-2-1-3-5-9-17/h6-7,10H,1-5,8-9H2. The van der Waals surface area contributed by atoms with Gasteiger partial charge >= 0.3 is 0 Å². The van der Waals surface area contributed by atoms with Crippen LogP contribution in [0.5, 0.6) is 0 Å². The van der Waals surface area contributed by atoms with Crippen molar-refractivity contribution in [2.45, 2.75) is 32.1 Å². The van der Waals surface area contributed by atoms with Crippen molar-refractivity contribution >= 4 is 21.6 Å². The topological polar surface area (TPSA) is 27.0 Å². The third-order valence-electron chi connectivity index (χ3n) is 3.28. The zero-order chi connectivity index (χ0) is 12.1. The second kappa shape index (κ2) is 6.07. The number of halogens is 1. The van der Waals surface area contributed by atoms with Crippen molar-refractivity contribution < 1.29 is 0 Å². The molecule has 0 bridgehead atoms. The first-order valence-corrected chi connectivity index (χ1v) is 7.05. The van der Waals surface area contributed by atoms with Gasteiger partial charge in [-0.05, 0) is 31.0 Å². The van der Waals surface area contributed by atoms with Crippen molar-refractivity contribution in [2.75, 3.05) is 18.0 Å². The van der Waals surface area contributed by atoms with Gasteiger partial charge in [-0.25, -0.2) is 0 Å². The van der Waals surface area contributed by atoms with Crippen LogP contribution in [0.2, 0.25) is 0 Å². The second-order valence-corrected chi connectivity index (χ2v) is 5.44. The second-order valence-electron chi connectivity index (χ2n) is 4.53. The summed E-state index contributed by atoms with van der Waals surface area (Å²) in [5, 5.41) is 9.17. The molecular weight excluding hydrogens is 276 g/mol. The highest BCUT2D eigenvalue weighted by atomic mass is 79.9. The summed E-state index contributed by atoms with van der Waals surface area (Å²) in [6.45, 7) is 2.15. The molecule has 1 aliphatic heterocycles. The number of anilines is 1. The lowest BCUT2D eigenvalue weighted by atomic mass is 10.1. The highest BCUT2D eigenvalue weighted by Crippen LogP contribution is 2.26. The smallest absolute Gasteiger partial charge is 0.101 e. The maximum Gasteiger partial charge on any atom is 0.101 e. The van der Waals surface area contributed by atoms with E-state index in [1.807, 2.05) is 12.1 Å². The van der Waals surface area contributed by atoms with E-state index in [1.165, 1.54) is 32.1 Å². The minimum atomic E-state index is 0.786. The van der Waals surface area contributed by atoms with Crippen molar-refractivity contribution in [3.63, 3.8) is 0 Å². The summed E-state index contributed by atoms with van der Waals surface area (Å²) in [6.07, 6.45) is 6.45. The van der Waals surface area contributed by atoms with Gasteiger partial charge in [-0.2, -0.15) is 5.26 Å². The van der Waals surface area contributed by atoms with E-state index >= 15 is 0 Å². The van der Waals surface area contributed by atoms with Crippen LogP contribution in [-0.2, 0) is 0 Å². The number of hydrogen-bond acceptors (Lipinski definition) is 2. The first-order chi connectivity index (χ1) is 8.31. The molecule has 1 saturated heterocycles. The molecule has 2 rings (SSSR count). The third kappa shape index (κ3) is 3.23. The quantitative estimate of drug-likeness (QED) is 0.779. The van der Waals surface area contributed by atoms with E-state index in [0.29, 0.717) is 0 Å². The number of hydrogen-bond donors (Lipinski definition) is 0. The van der Waals surface area contributed by atoms with E-state index < -0.39 is 0 Å². The molecule has 0 N–H and O–H groups in total. The Morgan fingerprint density at radius 3 is 2.35 bits per heavy atom. The first-order valence-electron chi connectivity index (χ1n) is 6.26. The zero-order valence-electron chi connectivity index (χ0n) is 9.95. The summed E-state index contributed by atoms with van der Waals surface area (Å²) in [6, 6.07) is 8.20. The van der Waals surface area contributed by atoms with Gasteiger partial charge < -0.3 is 4.90 Å². The van der Waals surface area contributed by atoms with Crippen LogP contribution in [0.4, 0.5) is 5.69 Å². The molecule has 0 aromatic heterocycles. The number of nitriles is 1. The molecule has 3 heteroatoms. The molecule has 1 aromatic rings. The van der Waals surface area contributed by atoms with Crippen LogP contribution < -0.4 is 4.90 Å². The molecule has 1 heterocycles. The minimum absolute atomic E-state index is 0.786. The summed E-state index contributed by atoms with van der Waals surface area (Å²) >= 11 is 3.49. The van der Waals surface area contributed by atoms with Gasteiger partial charge in [0.1, 0.15) is 6.07 Å². The van der Waals surface area contributed by atoms with Crippen molar-refractivity contribution in [1.82, 2.24) is 0 Å². The average Bonchev–Trinajstić information content (AvgIpc) is 2.28. The number of nitrogens with zero attached hydrogens (tertiary/aromatic N) is 2. The van der Waals surface area contributed by atoms with Gasteiger partial charge in [-0.3, -0.25) is 0 Å². The van der Waals surface area contributed by atoms with Crippen LogP contribution in [0, 0.1) is 11.3 Å². The van der Waals surface area contributed by atoms with Gasteiger partial charge in [0.2, 0.25) is 0 Å². The van der Waals surface area contributed by atoms with Gasteiger partial charge in [0.05, 0.1) is 11.3 Å². The molecule has 1 aromatic carbocycles. The predicted octanol–water partition coefficient (Wildman–Crippen LogP) is 4.09. The van der Waals surface area contributed by atoms with E-state index in [-0.39, 0.29) is 0 Å². The van der Waals surface area contributed by atoms with Gasteiger partial charge in [-0.15, -0.1) is 0 Å². The maximum absolute atomic E-state index is 9.17. The average molecular weight is 293 g/mol. The fourth-order valence-corrected chi connectivity index (χ4v) is 2.70. The highest BCUT2D eigenvalue weighted by molar-refractivity contribution is 9.10. The maximum atomic E-state index is 9.17. The van der Waals surface area contributed by atoms with Crippen LogP contribution in [0.15, 0.2) is 22.7 Å². The number of rotatable bonds is 1. The SMILES string of the molecule is N#Cc1ccc(Br)cc1N1CCCCCCC1. The van der Waals surface area contributed by atoms with E-state index in [4.69, 9.17) is 0 Å². The van der Waals surface area contributed by atoms with Crippen LogP contribution in [0.3, 0.4) is 0 Å².